The monoisotopic (exact) mass is 249 g/mol. The van der Waals surface area contributed by atoms with Crippen LogP contribution in [-0.2, 0) is 4.74 Å². The molecule has 1 fully saturated rings. The van der Waals surface area contributed by atoms with Crippen molar-refractivity contribution in [2.45, 2.75) is 24.5 Å². The third kappa shape index (κ3) is 5.29. The number of hydrogen-bond acceptors (Lipinski definition) is 6. The zero-order valence-electron chi connectivity index (χ0n) is 10.0. The van der Waals surface area contributed by atoms with Crippen molar-refractivity contribution in [2.24, 2.45) is 5.92 Å². The number of ether oxygens (including phenoxy) is 1. The average molecular weight is 249 g/mol. The molecule has 1 unspecified atom stereocenters. The molecule has 0 aromatic carbocycles. The van der Waals surface area contributed by atoms with Crippen molar-refractivity contribution >= 4 is 0 Å². The van der Waals surface area contributed by atoms with Gasteiger partial charge in [-0.3, -0.25) is 0 Å². The molecule has 1 atom stereocenters. The van der Waals surface area contributed by atoms with Crippen molar-refractivity contribution in [1.82, 2.24) is 5.32 Å². The molecule has 0 heterocycles. The summed E-state index contributed by atoms with van der Waals surface area (Å²) < 4.78 is 5.31. The van der Waals surface area contributed by atoms with E-state index in [1.165, 1.54) is 12.8 Å². The number of β-amino-alcohol motifs (C(OH)–C–C–N with tert-alkyl or cyclic N) is 1. The Balaban J connectivity index is 2.13. The van der Waals surface area contributed by atoms with Gasteiger partial charge in [-0.2, -0.15) is 0 Å². The minimum absolute atomic E-state index is 0.159. The van der Waals surface area contributed by atoms with Gasteiger partial charge in [0.1, 0.15) is 0 Å². The van der Waals surface area contributed by atoms with Crippen molar-refractivity contribution in [3.05, 3.63) is 0 Å². The van der Waals surface area contributed by atoms with Gasteiger partial charge in [0.15, 0.2) is 0 Å². The summed E-state index contributed by atoms with van der Waals surface area (Å²) in [5.74, 6) is 0.654. The van der Waals surface area contributed by atoms with Crippen molar-refractivity contribution in [1.29, 1.82) is 0 Å². The normalized spacial score (nSPS) is 18.4. The van der Waals surface area contributed by atoms with Gasteiger partial charge in [0.25, 0.3) is 0 Å². The summed E-state index contributed by atoms with van der Waals surface area (Å²) in [5.41, 5.74) is -1.14. The molecule has 0 aliphatic heterocycles. The highest BCUT2D eigenvalue weighted by Gasteiger charge is 2.28. The molecule has 0 bridgehead atoms. The third-order valence-electron chi connectivity index (χ3n) is 2.98. The zero-order valence-corrected chi connectivity index (χ0v) is 10.0. The van der Waals surface area contributed by atoms with Gasteiger partial charge in [0.2, 0.25) is 0 Å². The van der Waals surface area contributed by atoms with E-state index in [1.807, 2.05) is 0 Å². The Kier molecular flexibility index (Phi) is 6.32. The third-order valence-corrected chi connectivity index (χ3v) is 2.98. The molecule has 6 heteroatoms. The van der Waals surface area contributed by atoms with E-state index in [0.717, 1.165) is 0 Å². The van der Waals surface area contributed by atoms with Crippen LogP contribution in [0.15, 0.2) is 0 Å². The maximum Gasteiger partial charge on any atom is 0.0897 e. The Hall–Kier alpha value is -0.240. The van der Waals surface area contributed by atoms with Crippen LogP contribution in [0, 0.1) is 5.92 Å². The predicted octanol–water partition coefficient (Wildman–Crippen LogP) is -1.92. The van der Waals surface area contributed by atoms with Gasteiger partial charge >= 0.3 is 0 Å². The molecular formula is C11H23NO5. The highest BCUT2D eigenvalue weighted by molar-refractivity contribution is 4.87. The topological polar surface area (TPSA) is 102 Å². The fraction of sp³-hybridized carbons (Fsp3) is 1.00. The van der Waals surface area contributed by atoms with E-state index in [1.54, 1.807) is 0 Å². The second-order valence-corrected chi connectivity index (χ2v) is 4.77. The van der Waals surface area contributed by atoms with Crippen molar-refractivity contribution in [2.75, 3.05) is 39.6 Å². The van der Waals surface area contributed by atoms with E-state index in [4.69, 9.17) is 20.1 Å². The lowest BCUT2D eigenvalue weighted by Crippen LogP contribution is -2.57. The average Bonchev–Trinajstić information content (AvgIpc) is 3.16. The van der Waals surface area contributed by atoms with Gasteiger partial charge in [-0.15, -0.1) is 0 Å². The van der Waals surface area contributed by atoms with Crippen LogP contribution in [0.5, 0.6) is 0 Å². The maximum absolute atomic E-state index is 9.60. The molecule has 102 valence electrons. The molecule has 1 aliphatic carbocycles. The molecule has 0 spiro atoms. The summed E-state index contributed by atoms with van der Waals surface area (Å²) in [7, 11) is 0. The van der Waals surface area contributed by atoms with Gasteiger partial charge in [0.05, 0.1) is 38.1 Å². The van der Waals surface area contributed by atoms with Gasteiger partial charge in [-0.05, 0) is 18.8 Å². The Morgan fingerprint density at radius 3 is 2.24 bits per heavy atom. The molecule has 1 rings (SSSR count). The lowest BCUT2D eigenvalue weighted by Gasteiger charge is -2.29. The Bertz CT molecular complexity index is 198. The summed E-state index contributed by atoms with van der Waals surface area (Å²) in [6.45, 7) is -0.114. The minimum atomic E-state index is -1.14. The molecule has 6 nitrogen and oxygen atoms in total. The first-order chi connectivity index (χ1) is 8.15. The van der Waals surface area contributed by atoms with Crippen molar-refractivity contribution in [3.63, 3.8) is 0 Å². The molecule has 17 heavy (non-hydrogen) atoms. The Labute approximate surface area is 101 Å². The molecule has 0 amide bonds. The Morgan fingerprint density at radius 1 is 1.18 bits per heavy atom. The first-order valence-corrected chi connectivity index (χ1v) is 5.99. The molecule has 0 saturated heterocycles. The number of aliphatic hydroxyl groups excluding tert-OH is 4. The van der Waals surface area contributed by atoms with E-state index in [0.29, 0.717) is 12.5 Å². The smallest absolute Gasteiger partial charge is 0.0897 e. The molecule has 5 N–H and O–H groups in total. The second-order valence-electron chi connectivity index (χ2n) is 4.77. The first kappa shape index (κ1) is 14.8. The van der Waals surface area contributed by atoms with E-state index in [2.05, 4.69) is 5.32 Å². The van der Waals surface area contributed by atoms with Crippen LogP contribution in [0.4, 0.5) is 0 Å². The number of hydrogen-bond donors (Lipinski definition) is 5. The van der Waals surface area contributed by atoms with E-state index < -0.39 is 31.5 Å². The minimum Gasteiger partial charge on any atom is -0.394 e. The van der Waals surface area contributed by atoms with Gasteiger partial charge < -0.3 is 30.5 Å². The number of aliphatic hydroxyl groups is 4. The lowest BCUT2D eigenvalue weighted by atomic mass is 10.0. The van der Waals surface area contributed by atoms with E-state index >= 15 is 0 Å². The van der Waals surface area contributed by atoms with Crippen LogP contribution < -0.4 is 5.32 Å². The molecule has 1 aliphatic rings. The van der Waals surface area contributed by atoms with Crippen molar-refractivity contribution in [3.8, 4) is 0 Å². The standard InChI is InChI=1S/C11H23NO5/c13-6-11(7-14,8-15)12-3-10(16)5-17-4-9-1-2-9/h9-10,12-16H,1-8H2. The Morgan fingerprint density at radius 2 is 1.76 bits per heavy atom. The van der Waals surface area contributed by atoms with E-state index in [-0.39, 0.29) is 13.2 Å². The van der Waals surface area contributed by atoms with Crippen LogP contribution in [0.2, 0.25) is 0 Å². The predicted molar refractivity (Wildman–Crippen MR) is 61.5 cm³/mol. The summed E-state index contributed by atoms with van der Waals surface area (Å²) >= 11 is 0. The zero-order chi connectivity index (χ0) is 12.7. The molecular weight excluding hydrogens is 226 g/mol. The van der Waals surface area contributed by atoms with E-state index in [9.17, 15) is 5.11 Å². The van der Waals surface area contributed by atoms with Crippen LogP contribution in [0.1, 0.15) is 12.8 Å². The number of rotatable bonds is 10. The fourth-order valence-electron chi connectivity index (χ4n) is 1.37. The number of nitrogens with one attached hydrogen (secondary N) is 1. The first-order valence-electron chi connectivity index (χ1n) is 5.99. The quantitative estimate of drug-likeness (QED) is 0.309. The highest BCUT2D eigenvalue weighted by atomic mass is 16.5. The summed E-state index contributed by atoms with van der Waals surface area (Å²) in [5, 5.41) is 39.5. The van der Waals surface area contributed by atoms with Crippen LogP contribution >= 0.6 is 0 Å². The largest absolute Gasteiger partial charge is 0.394 e. The summed E-state index contributed by atoms with van der Waals surface area (Å²) in [6.07, 6.45) is 1.70. The van der Waals surface area contributed by atoms with Crippen molar-refractivity contribution < 1.29 is 25.2 Å². The molecule has 1 saturated carbocycles. The molecule has 0 aromatic rings. The summed E-state index contributed by atoms with van der Waals surface area (Å²) in [4.78, 5) is 0. The van der Waals surface area contributed by atoms with Crippen LogP contribution in [0.3, 0.4) is 0 Å². The second kappa shape index (κ2) is 7.25. The van der Waals surface area contributed by atoms with Gasteiger partial charge in [-0.25, -0.2) is 0 Å². The maximum atomic E-state index is 9.60. The van der Waals surface area contributed by atoms with Gasteiger partial charge in [0, 0.05) is 13.2 Å². The molecule has 0 radical (unpaired) electrons. The fourth-order valence-corrected chi connectivity index (χ4v) is 1.37. The lowest BCUT2D eigenvalue weighted by molar-refractivity contribution is 0.00639. The highest BCUT2D eigenvalue weighted by Crippen LogP contribution is 2.28. The van der Waals surface area contributed by atoms with Crippen LogP contribution in [0.25, 0.3) is 0 Å². The van der Waals surface area contributed by atoms with Crippen LogP contribution in [-0.4, -0.2) is 71.6 Å². The SMILES string of the molecule is OCC(CO)(CO)NCC(O)COCC1CC1. The summed E-state index contributed by atoms with van der Waals surface area (Å²) in [6, 6.07) is 0. The van der Waals surface area contributed by atoms with Gasteiger partial charge in [-0.1, -0.05) is 0 Å². The molecule has 0 aromatic heterocycles.